The fourth-order valence-electron chi connectivity index (χ4n) is 3.23. The van der Waals surface area contributed by atoms with Crippen molar-refractivity contribution in [2.75, 3.05) is 16.8 Å². The van der Waals surface area contributed by atoms with Gasteiger partial charge in [-0.25, -0.2) is 22.8 Å². The quantitative estimate of drug-likeness (QED) is 0.457. The number of rotatable bonds is 6. The van der Waals surface area contributed by atoms with Gasteiger partial charge in [-0.05, 0) is 54.1 Å². The molecule has 1 aliphatic heterocycles. The molecular weight excluding hydrogens is 435 g/mol. The van der Waals surface area contributed by atoms with Crippen molar-refractivity contribution in [1.82, 2.24) is 9.97 Å². The van der Waals surface area contributed by atoms with E-state index in [2.05, 4.69) is 20.0 Å². The topological polar surface area (TPSA) is 102 Å². The maximum Gasteiger partial charge on any atom is 0.263 e. The van der Waals surface area contributed by atoms with Crippen molar-refractivity contribution in [2.45, 2.75) is 11.4 Å². The summed E-state index contributed by atoms with van der Waals surface area (Å²) in [4.78, 5) is 8.89. The molecule has 32 heavy (non-hydrogen) atoms. The molecular formula is C22H17FN4O4S. The fraction of sp³-hybridized carbons (Fsp3) is 0.0909. The van der Waals surface area contributed by atoms with Gasteiger partial charge in [0.1, 0.15) is 5.82 Å². The van der Waals surface area contributed by atoms with Crippen LogP contribution in [0.4, 0.5) is 16.0 Å². The van der Waals surface area contributed by atoms with Gasteiger partial charge in [-0.2, -0.15) is 0 Å². The number of hydrogen-bond acceptors (Lipinski definition) is 7. The summed E-state index contributed by atoms with van der Waals surface area (Å²) in [5.41, 5.74) is 2.01. The lowest BCUT2D eigenvalue weighted by Gasteiger charge is -2.14. The highest BCUT2D eigenvalue weighted by Crippen LogP contribution is 2.33. The lowest BCUT2D eigenvalue weighted by atomic mass is 10.2. The van der Waals surface area contributed by atoms with E-state index in [1.807, 2.05) is 24.3 Å². The molecule has 1 aromatic heterocycles. The van der Waals surface area contributed by atoms with Crippen molar-refractivity contribution in [3.63, 3.8) is 0 Å². The first-order valence-corrected chi connectivity index (χ1v) is 11.1. The molecule has 1 aliphatic rings. The van der Waals surface area contributed by atoms with E-state index in [1.54, 1.807) is 18.2 Å². The Morgan fingerprint density at radius 2 is 1.56 bits per heavy atom. The number of para-hydroxylation sites is 2. The summed E-state index contributed by atoms with van der Waals surface area (Å²) in [6.07, 6.45) is 0. The van der Waals surface area contributed by atoms with Crippen LogP contribution in [0.25, 0.3) is 11.0 Å². The van der Waals surface area contributed by atoms with Crippen molar-refractivity contribution >= 4 is 32.7 Å². The molecule has 0 saturated heterocycles. The maximum absolute atomic E-state index is 13.2. The van der Waals surface area contributed by atoms with Gasteiger partial charge in [0.15, 0.2) is 23.1 Å². The molecule has 0 bridgehead atoms. The third-order valence-corrected chi connectivity index (χ3v) is 6.18. The highest BCUT2D eigenvalue weighted by atomic mass is 32.2. The SMILES string of the molecule is O=S(=O)(Nc1nc2ccccc2nc1NCc1ccc2c(c1)OCO2)c1ccc(F)cc1. The zero-order valence-electron chi connectivity index (χ0n) is 16.6. The van der Waals surface area contributed by atoms with Gasteiger partial charge in [-0.15, -0.1) is 0 Å². The second-order valence-corrected chi connectivity index (χ2v) is 8.69. The number of anilines is 2. The first-order valence-electron chi connectivity index (χ1n) is 9.65. The van der Waals surface area contributed by atoms with Crippen molar-refractivity contribution in [1.29, 1.82) is 0 Å². The summed E-state index contributed by atoms with van der Waals surface area (Å²) in [5, 5.41) is 3.14. The normalized spacial score (nSPS) is 12.7. The Morgan fingerprint density at radius 3 is 2.31 bits per heavy atom. The van der Waals surface area contributed by atoms with E-state index in [4.69, 9.17) is 9.47 Å². The van der Waals surface area contributed by atoms with Crippen LogP contribution in [0, 0.1) is 5.82 Å². The van der Waals surface area contributed by atoms with E-state index in [0.29, 0.717) is 29.1 Å². The lowest BCUT2D eigenvalue weighted by Crippen LogP contribution is -2.16. The number of nitrogens with zero attached hydrogens (tertiary/aromatic N) is 2. The molecule has 2 heterocycles. The summed E-state index contributed by atoms with van der Waals surface area (Å²) < 4.78 is 52.1. The van der Waals surface area contributed by atoms with Gasteiger partial charge in [-0.1, -0.05) is 18.2 Å². The van der Waals surface area contributed by atoms with Crippen LogP contribution in [0.1, 0.15) is 5.56 Å². The minimum absolute atomic E-state index is 0.0359. The van der Waals surface area contributed by atoms with Gasteiger partial charge in [0, 0.05) is 6.54 Å². The molecule has 0 fully saturated rings. The lowest BCUT2D eigenvalue weighted by molar-refractivity contribution is 0.174. The molecule has 2 N–H and O–H groups in total. The second-order valence-electron chi connectivity index (χ2n) is 7.01. The molecule has 162 valence electrons. The van der Waals surface area contributed by atoms with E-state index in [9.17, 15) is 12.8 Å². The molecule has 5 rings (SSSR count). The van der Waals surface area contributed by atoms with Crippen molar-refractivity contribution < 1.29 is 22.3 Å². The summed E-state index contributed by atoms with van der Waals surface area (Å²) in [5.74, 6) is 1.08. The predicted octanol–water partition coefficient (Wildman–Crippen LogP) is 3.91. The molecule has 8 nitrogen and oxygen atoms in total. The van der Waals surface area contributed by atoms with Gasteiger partial charge >= 0.3 is 0 Å². The predicted molar refractivity (Wildman–Crippen MR) is 117 cm³/mol. The van der Waals surface area contributed by atoms with Crippen LogP contribution in [0.15, 0.2) is 71.6 Å². The van der Waals surface area contributed by atoms with Crippen molar-refractivity contribution in [3.8, 4) is 11.5 Å². The van der Waals surface area contributed by atoms with Crippen LogP contribution in [0.2, 0.25) is 0 Å². The third kappa shape index (κ3) is 4.00. The van der Waals surface area contributed by atoms with Crippen LogP contribution in [-0.4, -0.2) is 25.2 Å². The molecule has 4 aromatic rings. The average Bonchev–Trinajstić information content (AvgIpc) is 3.25. The standard InChI is InChI=1S/C22H17FN4O4S/c23-15-6-8-16(9-7-15)32(28,29)27-22-21(25-17-3-1-2-4-18(17)26-22)24-12-14-5-10-19-20(11-14)31-13-30-19/h1-11H,12-13H2,(H,24,25)(H,26,27). The van der Waals surface area contributed by atoms with Gasteiger partial charge in [0.05, 0.1) is 15.9 Å². The Morgan fingerprint density at radius 1 is 0.875 bits per heavy atom. The smallest absolute Gasteiger partial charge is 0.263 e. The zero-order chi connectivity index (χ0) is 22.1. The summed E-state index contributed by atoms with van der Waals surface area (Å²) in [6, 6.07) is 17.2. The van der Waals surface area contributed by atoms with Crippen molar-refractivity contribution in [3.05, 3.63) is 78.1 Å². The molecule has 3 aromatic carbocycles. The van der Waals surface area contributed by atoms with Gasteiger partial charge in [0.2, 0.25) is 6.79 Å². The first-order chi connectivity index (χ1) is 15.5. The Hall–Kier alpha value is -3.92. The Balaban J connectivity index is 1.47. The monoisotopic (exact) mass is 452 g/mol. The summed E-state index contributed by atoms with van der Waals surface area (Å²) in [7, 11) is -4.01. The zero-order valence-corrected chi connectivity index (χ0v) is 17.4. The van der Waals surface area contributed by atoms with Crippen molar-refractivity contribution in [2.24, 2.45) is 0 Å². The minimum atomic E-state index is -4.01. The number of fused-ring (bicyclic) bond motifs is 2. The number of nitrogens with one attached hydrogen (secondary N) is 2. The highest BCUT2D eigenvalue weighted by Gasteiger charge is 2.19. The van der Waals surface area contributed by atoms with E-state index in [-0.39, 0.29) is 23.3 Å². The van der Waals surface area contributed by atoms with Gasteiger partial charge < -0.3 is 14.8 Å². The largest absolute Gasteiger partial charge is 0.454 e. The van der Waals surface area contributed by atoms with Crippen LogP contribution in [-0.2, 0) is 16.6 Å². The Labute approximate surface area is 183 Å². The van der Waals surface area contributed by atoms with Gasteiger partial charge in [0.25, 0.3) is 10.0 Å². The average molecular weight is 452 g/mol. The van der Waals surface area contributed by atoms with Crippen LogP contribution < -0.4 is 19.5 Å². The number of ether oxygens (including phenoxy) is 2. The van der Waals surface area contributed by atoms with Crippen LogP contribution >= 0.6 is 0 Å². The Kier molecular flexibility index (Phi) is 4.98. The number of hydrogen-bond donors (Lipinski definition) is 2. The maximum atomic E-state index is 13.2. The van der Waals surface area contributed by atoms with E-state index >= 15 is 0 Å². The number of sulfonamides is 1. The number of halogens is 1. The second kappa shape index (κ2) is 7.97. The number of benzene rings is 3. The third-order valence-electron chi connectivity index (χ3n) is 4.82. The highest BCUT2D eigenvalue weighted by molar-refractivity contribution is 7.92. The Bertz CT molecular complexity index is 1410. The molecule has 0 radical (unpaired) electrons. The minimum Gasteiger partial charge on any atom is -0.454 e. The molecule has 0 amide bonds. The van der Waals surface area contributed by atoms with E-state index < -0.39 is 15.8 Å². The summed E-state index contributed by atoms with van der Waals surface area (Å²) >= 11 is 0. The van der Waals surface area contributed by atoms with E-state index in [0.717, 1.165) is 17.7 Å². The molecule has 0 spiro atoms. The number of aromatic nitrogens is 2. The molecule has 0 aliphatic carbocycles. The van der Waals surface area contributed by atoms with Crippen LogP contribution in [0.3, 0.4) is 0 Å². The molecule has 0 unspecified atom stereocenters. The van der Waals surface area contributed by atoms with Gasteiger partial charge in [-0.3, -0.25) is 4.72 Å². The molecule has 0 atom stereocenters. The fourth-order valence-corrected chi connectivity index (χ4v) is 4.24. The first kappa shape index (κ1) is 20.0. The van der Waals surface area contributed by atoms with Crippen LogP contribution in [0.5, 0.6) is 11.5 Å². The molecule has 10 heteroatoms. The molecule has 0 saturated carbocycles. The summed E-state index contributed by atoms with van der Waals surface area (Å²) in [6.45, 7) is 0.520. The van der Waals surface area contributed by atoms with E-state index in [1.165, 1.54) is 12.1 Å².